The molecule has 1 aromatic carbocycles. The molecule has 1 rings (SSSR count). The predicted molar refractivity (Wildman–Crippen MR) is 78.6 cm³/mol. The Morgan fingerprint density at radius 1 is 1.19 bits per heavy atom. The van der Waals surface area contributed by atoms with Crippen LogP contribution in [0.1, 0.15) is 38.1 Å². The average molecular weight is 299 g/mol. The Balaban J connectivity index is 2.67. The number of ether oxygens (including phenoxy) is 1. The molecule has 1 N–H and O–H groups in total. The Labute approximate surface area is 124 Å². The fraction of sp³-hybridized carbons (Fsp3) is 0.562. The topological polar surface area (TPSA) is 38.3 Å². The number of nitrogens with one attached hydrogen (secondary N) is 1. The minimum Gasteiger partial charge on any atom is -0.435 e. The van der Waals surface area contributed by atoms with Crippen LogP contribution in [0.4, 0.5) is 8.78 Å². The van der Waals surface area contributed by atoms with Crippen LogP contribution in [0.3, 0.4) is 0 Å². The van der Waals surface area contributed by atoms with Crippen molar-refractivity contribution in [1.29, 1.82) is 0 Å². The summed E-state index contributed by atoms with van der Waals surface area (Å²) < 4.78 is 28.6. The Bertz CT molecular complexity index is 453. The van der Waals surface area contributed by atoms with Crippen molar-refractivity contribution in [2.75, 3.05) is 6.54 Å². The lowest BCUT2D eigenvalue weighted by Gasteiger charge is -2.25. The molecule has 0 aliphatic carbocycles. The molecule has 0 aliphatic heterocycles. The van der Waals surface area contributed by atoms with Gasteiger partial charge in [-0.2, -0.15) is 8.78 Å². The van der Waals surface area contributed by atoms with Crippen molar-refractivity contribution in [1.82, 2.24) is 5.32 Å². The molecule has 3 nitrogen and oxygen atoms in total. The SMILES string of the molecule is CC(C)C(CNC(=O)c1cccc(OC(F)F)c1)C(C)C. The van der Waals surface area contributed by atoms with Crippen molar-refractivity contribution in [3.05, 3.63) is 29.8 Å². The first-order chi connectivity index (χ1) is 9.81. The van der Waals surface area contributed by atoms with Gasteiger partial charge in [0.1, 0.15) is 5.75 Å². The maximum absolute atomic E-state index is 12.2. The maximum Gasteiger partial charge on any atom is 0.387 e. The highest BCUT2D eigenvalue weighted by atomic mass is 19.3. The van der Waals surface area contributed by atoms with E-state index in [1.54, 1.807) is 6.07 Å². The Hall–Kier alpha value is -1.65. The summed E-state index contributed by atoms with van der Waals surface area (Å²) in [6.07, 6.45) is 0. The summed E-state index contributed by atoms with van der Waals surface area (Å²) in [6.45, 7) is 6.15. The van der Waals surface area contributed by atoms with Crippen molar-refractivity contribution >= 4 is 5.91 Å². The van der Waals surface area contributed by atoms with Gasteiger partial charge in [0, 0.05) is 12.1 Å². The number of amides is 1. The lowest BCUT2D eigenvalue weighted by molar-refractivity contribution is -0.0498. The molecule has 0 bridgehead atoms. The number of alkyl halides is 2. The standard InChI is InChI=1S/C16H23F2NO2/c1-10(2)14(11(3)4)9-19-15(20)12-6-5-7-13(8-12)21-16(17)18/h5-8,10-11,14,16H,9H2,1-4H3,(H,19,20). The van der Waals surface area contributed by atoms with E-state index >= 15 is 0 Å². The molecule has 0 heterocycles. The second-order valence-corrected chi connectivity index (χ2v) is 5.77. The van der Waals surface area contributed by atoms with E-state index in [0.29, 0.717) is 29.9 Å². The number of hydrogen-bond acceptors (Lipinski definition) is 2. The molecule has 0 aromatic heterocycles. The van der Waals surface area contributed by atoms with E-state index in [0.717, 1.165) is 0 Å². The van der Waals surface area contributed by atoms with Crippen LogP contribution in [0.15, 0.2) is 24.3 Å². The fourth-order valence-electron chi connectivity index (χ4n) is 2.37. The van der Waals surface area contributed by atoms with Gasteiger partial charge in [0.25, 0.3) is 5.91 Å². The molecule has 0 atom stereocenters. The monoisotopic (exact) mass is 299 g/mol. The first kappa shape index (κ1) is 17.4. The van der Waals surface area contributed by atoms with Crippen LogP contribution in [-0.2, 0) is 0 Å². The summed E-state index contributed by atoms with van der Waals surface area (Å²) >= 11 is 0. The van der Waals surface area contributed by atoms with Gasteiger partial charge in [-0.15, -0.1) is 0 Å². The first-order valence-electron chi connectivity index (χ1n) is 7.14. The van der Waals surface area contributed by atoms with E-state index in [4.69, 9.17) is 0 Å². The lowest BCUT2D eigenvalue weighted by Crippen LogP contribution is -2.33. The molecule has 0 saturated heterocycles. The number of hydrogen-bond donors (Lipinski definition) is 1. The minimum absolute atomic E-state index is 0.0121. The Kier molecular flexibility index (Phi) is 6.59. The number of benzene rings is 1. The smallest absolute Gasteiger partial charge is 0.387 e. The number of rotatable bonds is 7. The Morgan fingerprint density at radius 3 is 2.33 bits per heavy atom. The third kappa shape index (κ3) is 5.69. The average Bonchev–Trinajstić information content (AvgIpc) is 2.37. The van der Waals surface area contributed by atoms with Gasteiger partial charge >= 0.3 is 6.61 Å². The summed E-state index contributed by atoms with van der Waals surface area (Å²) in [4.78, 5) is 12.1. The summed E-state index contributed by atoms with van der Waals surface area (Å²) in [7, 11) is 0. The van der Waals surface area contributed by atoms with Crippen LogP contribution in [0.25, 0.3) is 0 Å². The van der Waals surface area contributed by atoms with Gasteiger partial charge in [-0.05, 0) is 36.0 Å². The molecule has 5 heteroatoms. The molecule has 1 amide bonds. The quantitative estimate of drug-likeness (QED) is 0.828. The number of halogens is 2. The molecular formula is C16H23F2NO2. The minimum atomic E-state index is -2.89. The van der Waals surface area contributed by atoms with Crippen molar-refractivity contribution < 1.29 is 18.3 Å². The van der Waals surface area contributed by atoms with Crippen molar-refractivity contribution in [2.24, 2.45) is 17.8 Å². The highest BCUT2D eigenvalue weighted by Crippen LogP contribution is 2.20. The van der Waals surface area contributed by atoms with Crippen LogP contribution in [0.5, 0.6) is 5.75 Å². The van der Waals surface area contributed by atoms with E-state index in [-0.39, 0.29) is 11.7 Å². The number of carbonyl (C=O) groups is 1. The van der Waals surface area contributed by atoms with Gasteiger partial charge in [-0.25, -0.2) is 0 Å². The lowest BCUT2D eigenvalue weighted by atomic mass is 9.85. The van der Waals surface area contributed by atoms with Gasteiger partial charge in [0.05, 0.1) is 0 Å². The van der Waals surface area contributed by atoms with Gasteiger partial charge in [0.15, 0.2) is 0 Å². The van der Waals surface area contributed by atoms with Gasteiger partial charge in [0.2, 0.25) is 0 Å². The third-order valence-electron chi connectivity index (χ3n) is 3.53. The van der Waals surface area contributed by atoms with Crippen LogP contribution >= 0.6 is 0 Å². The fourth-order valence-corrected chi connectivity index (χ4v) is 2.37. The van der Waals surface area contributed by atoms with Crippen LogP contribution in [-0.4, -0.2) is 19.1 Å². The van der Waals surface area contributed by atoms with Gasteiger partial charge in [-0.1, -0.05) is 33.8 Å². The van der Waals surface area contributed by atoms with E-state index in [1.165, 1.54) is 18.2 Å². The highest BCUT2D eigenvalue weighted by molar-refractivity contribution is 5.94. The normalized spacial score (nSPS) is 11.5. The molecule has 21 heavy (non-hydrogen) atoms. The molecule has 1 aromatic rings. The Morgan fingerprint density at radius 2 is 1.81 bits per heavy atom. The van der Waals surface area contributed by atoms with Gasteiger partial charge in [-0.3, -0.25) is 4.79 Å². The molecule has 0 spiro atoms. The van der Waals surface area contributed by atoms with Crippen LogP contribution in [0.2, 0.25) is 0 Å². The highest BCUT2D eigenvalue weighted by Gasteiger charge is 2.18. The van der Waals surface area contributed by atoms with Crippen molar-refractivity contribution in [3.63, 3.8) is 0 Å². The predicted octanol–water partition coefficient (Wildman–Crippen LogP) is 3.95. The third-order valence-corrected chi connectivity index (χ3v) is 3.53. The van der Waals surface area contributed by atoms with Gasteiger partial charge < -0.3 is 10.1 Å². The molecule has 0 fully saturated rings. The molecule has 0 radical (unpaired) electrons. The van der Waals surface area contributed by atoms with Crippen LogP contribution in [0, 0.1) is 17.8 Å². The van der Waals surface area contributed by atoms with Crippen molar-refractivity contribution in [3.8, 4) is 5.75 Å². The largest absolute Gasteiger partial charge is 0.435 e. The summed E-state index contributed by atoms with van der Waals surface area (Å²) in [5, 5.41) is 2.86. The molecule has 0 aliphatic rings. The van der Waals surface area contributed by atoms with E-state index < -0.39 is 6.61 Å². The van der Waals surface area contributed by atoms with E-state index in [2.05, 4.69) is 37.7 Å². The summed E-state index contributed by atoms with van der Waals surface area (Å²) in [6, 6.07) is 5.82. The summed E-state index contributed by atoms with van der Waals surface area (Å²) in [5.74, 6) is 0.995. The van der Waals surface area contributed by atoms with Crippen molar-refractivity contribution in [2.45, 2.75) is 34.3 Å². The second kappa shape index (κ2) is 7.96. The van der Waals surface area contributed by atoms with E-state index in [9.17, 15) is 13.6 Å². The van der Waals surface area contributed by atoms with Crippen LogP contribution < -0.4 is 10.1 Å². The molecule has 118 valence electrons. The zero-order chi connectivity index (χ0) is 16.0. The summed E-state index contributed by atoms with van der Waals surface area (Å²) in [5.41, 5.74) is 0.319. The zero-order valence-corrected chi connectivity index (χ0v) is 12.9. The number of carbonyl (C=O) groups excluding carboxylic acids is 1. The molecular weight excluding hydrogens is 276 g/mol. The maximum atomic E-state index is 12.2. The zero-order valence-electron chi connectivity index (χ0n) is 12.9. The first-order valence-corrected chi connectivity index (χ1v) is 7.14. The molecule has 0 saturated carbocycles. The molecule has 0 unspecified atom stereocenters. The van der Waals surface area contributed by atoms with E-state index in [1.807, 2.05) is 0 Å². The second-order valence-electron chi connectivity index (χ2n) is 5.77.